The standard InChI is InChI=1S/C15H18N2O/c1-11-7-8-12-4-2-6-14(15(12)17-11)16-10-13-5-3-9-18-13/h2,4,6-8,13,16H,3,5,9-10H2,1H3. The monoisotopic (exact) mass is 242 g/mol. The predicted octanol–water partition coefficient (Wildman–Crippen LogP) is 3.13. The average Bonchev–Trinajstić information content (AvgIpc) is 2.89. The lowest BCUT2D eigenvalue weighted by Gasteiger charge is -2.13. The molecule has 1 aliphatic rings. The van der Waals surface area contributed by atoms with Crippen LogP contribution in [-0.2, 0) is 4.74 Å². The molecule has 0 amide bonds. The van der Waals surface area contributed by atoms with Crippen molar-refractivity contribution in [2.75, 3.05) is 18.5 Å². The van der Waals surface area contributed by atoms with Crippen molar-refractivity contribution in [1.82, 2.24) is 4.98 Å². The predicted molar refractivity (Wildman–Crippen MR) is 73.9 cm³/mol. The van der Waals surface area contributed by atoms with E-state index in [9.17, 15) is 0 Å². The van der Waals surface area contributed by atoms with Gasteiger partial charge in [0.1, 0.15) is 0 Å². The van der Waals surface area contributed by atoms with Gasteiger partial charge in [-0.25, -0.2) is 0 Å². The third kappa shape index (κ3) is 2.31. The molecule has 1 N–H and O–H groups in total. The van der Waals surface area contributed by atoms with Crippen molar-refractivity contribution >= 4 is 16.6 Å². The van der Waals surface area contributed by atoms with Gasteiger partial charge >= 0.3 is 0 Å². The van der Waals surface area contributed by atoms with Crippen molar-refractivity contribution in [2.45, 2.75) is 25.9 Å². The second kappa shape index (κ2) is 4.94. The summed E-state index contributed by atoms with van der Waals surface area (Å²) in [4.78, 5) is 4.62. The molecule has 3 rings (SSSR count). The number of ether oxygens (including phenoxy) is 1. The normalized spacial score (nSPS) is 19.3. The SMILES string of the molecule is Cc1ccc2cccc(NCC3CCCO3)c2n1. The maximum absolute atomic E-state index is 5.63. The van der Waals surface area contributed by atoms with E-state index in [0.29, 0.717) is 6.10 Å². The molecule has 1 fully saturated rings. The summed E-state index contributed by atoms with van der Waals surface area (Å²) >= 11 is 0. The number of hydrogen-bond donors (Lipinski definition) is 1. The first-order valence-corrected chi connectivity index (χ1v) is 6.55. The molecule has 3 heteroatoms. The molecule has 3 nitrogen and oxygen atoms in total. The number of nitrogens with zero attached hydrogens (tertiary/aromatic N) is 1. The number of nitrogens with one attached hydrogen (secondary N) is 1. The van der Waals surface area contributed by atoms with E-state index < -0.39 is 0 Å². The van der Waals surface area contributed by atoms with Crippen LogP contribution in [0.25, 0.3) is 10.9 Å². The number of fused-ring (bicyclic) bond motifs is 1. The smallest absolute Gasteiger partial charge is 0.0936 e. The van der Waals surface area contributed by atoms with Crippen molar-refractivity contribution in [3.63, 3.8) is 0 Å². The molecule has 1 atom stereocenters. The molecule has 1 aliphatic heterocycles. The maximum atomic E-state index is 5.63. The van der Waals surface area contributed by atoms with Crippen LogP contribution in [0.3, 0.4) is 0 Å². The van der Waals surface area contributed by atoms with Crippen LogP contribution in [0.5, 0.6) is 0 Å². The molecule has 0 bridgehead atoms. The van der Waals surface area contributed by atoms with Crippen LogP contribution >= 0.6 is 0 Å². The lowest BCUT2D eigenvalue weighted by molar-refractivity contribution is 0.120. The Balaban J connectivity index is 1.84. The van der Waals surface area contributed by atoms with Crippen LogP contribution < -0.4 is 5.32 Å². The molecule has 1 aromatic carbocycles. The minimum absolute atomic E-state index is 0.352. The van der Waals surface area contributed by atoms with Gasteiger partial charge in [-0.2, -0.15) is 0 Å². The highest BCUT2D eigenvalue weighted by atomic mass is 16.5. The summed E-state index contributed by atoms with van der Waals surface area (Å²) in [5.74, 6) is 0. The Morgan fingerprint density at radius 1 is 1.33 bits per heavy atom. The highest BCUT2D eigenvalue weighted by Gasteiger charge is 2.15. The lowest BCUT2D eigenvalue weighted by atomic mass is 10.1. The fourth-order valence-electron chi connectivity index (χ4n) is 2.42. The van der Waals surface area contributed by atoms with Gasteiger partial charge < -0.3 is 10.1 Å². The van der Waals surface area contributed by atoms with E-state index in [1.54, 1.807) is 0 Å². The van der Waals surface area contributed by atoms with Gasteiger partial charge in [0.2, 0.25) is 0 Å². The molecule has 94 valence electrons. The van der Waals surface area contributed by atoms with Crippen LogP contribution in [0.4, 0.5) is 5.69 Å². The molecule has 18 heavy (non-hydrogen) atoms. The molecular formula is C15H18N2O. The molecule has 0 radical (unpaired) electrons. The summed E-state index contributed by atoms with van der Waals surface area (Å²) in [6.07, 6.45) is 2.69. The van der Waals surface area contributed by atoms with Gasteiger partial charge in [-0.3, -0.25) is 4.98 Å². The molecule has 0 saturated carbocycles. The first-order valence-electron chi connectivity index (χ1n) is 6.55. The topological polar surface area (TPSA) is 34.1 Å². The number of hydrogen-bond acceptors (Lipinski definition) is 3. The molecule has 1 saturated heterocycles. The number of benzene rings is 1. The van der Waals surface area contributed by atoms with Crippen LogP contribution in [0.2, 0.25) is 0 Å². The first-order chi connectivity index (χ1) is 8.83. The Labute approximate surface area is 107 Å². The zero-order valence-corrected chi connectivity index (χ0v) is 10.6. The molecule has 2 aromatic rings. The van der Waals surface area contributed by atoms with Crippen LogP contribution in [0.15, 0.2) is 30.3 Å². The number of rotatable bonds is 3. The third-order valence-corrected chi connectivity index (χ3v) is 3.40. The van der Waals surface area contributed by atoms with Gasteiger partial charge in [0.05, 0.1) is 17.3 Å². The van der Waals surface area contributed by atoms with Gasteiger partial charge in [0.15, 0.2) is 0 Å². The van der Waals surface area contributed by atoms with E-state index in [1.165, 1.54) is 11.8 Å². The zero-order valence-electron chi connectivity index (χ0n) is 10.6. The van der Waals surface area contributed by atoms with E-state index in [-0.39, 0.29) is 0 Å². The van der Waals surface area contributed by atoms with Crippen molar-refractivity contribution in [3.05, 3.63) is 36.0 Å². The highest BCUT2D eigenvalue weighted by Crippen LogP contribution is 2.22. The van der Waals surface area contributed by atoms with E-state index in [0.717, 1.165) is 36.5 Å². The highest BCUT2D eigenvalue weighted by molar-refractivity contribution is 5.90. The van der Waals surface area contributed by atoms with Crippen molar-refractivity contribution < 1.29 is 4.74 Å². The van der Waals surface area contributed by atoms with E-state index >= 15 is 0 Å². The van der Waals surface area contributed by atoms with Crippen molar-refractivity contribution in [1.29, 1.82) is 0 Å². The summed E-state index contributed by atoms with van der Waals surface area (Å²) in [5.41, 5.74) is 3.20. The second-order valence-corrected chi connectivity index (χ2v) is 4.85. The van der Waals surface area contributed by atoms with Gasteiger partial charge in [0, 0.05) is 24.2 Å². The fraction of sp³-hybridized carbons (Fsp3) is 0.400. The minimum Gasteiger partial charge on any atom is -0.381 e. The second-order valence-electron chi connectivity index (χ2n) is 4.85. The summed E-state index contributed by atoms with van der Waals surface area (Å²) in [6, 6.07) is 10.4. The van der Waals surface area contributed by atoms with Crippen molar-refractivity contribution in [2.24, 2.45) is 0 Å². The summed E-state index contributed by atoms with van der Waals surface area (Å²) < 4.78 is 5.63. The first kappa shape index (κ1) is 11.5. The van der Waals surface area contributed by atoms with Gasteiger partial charge in [-0.1, -0.05) is 18.2 Å². The Kier molecular flexibility index (Phi) is 3.15. The van der Waals surface area contributed by atoms with Crippen LogP contribution in [0, 0.1) is 6.92 Å². The Morgan fingerprint density at radius 2 is 2.28 bits per heavy atom. The Morgan fingerprint density at radius 3 is 3.11 bits per heavy atom. The van der Waals surface area contributed by atoms with E-state index in [4.69, 9.17) is 4.74 Å². The molecule has 1 unspecified atom stereocenters. The van der Waals surface area contributed by atoms with Crippen molar-refractivity contribution in [3.8, 4) is 0 Å². The zero-order chi connectivity index (χ0) is 12.4. The number of aryl methyl sites for hydroxylation is 1. The summed E-state index contributed by atoms with van der Waals surface area (Å²) in [6.45, 7) is 3.80. The quantitative estimate of drug-likeness (QED) is 0.897. The third-order valence-electron chi connectivity index (χ3n) is 3.40. The van der Waals surface area contributed by atoms with E-state index in [1.807, 2.05) is 13.0 Å². The maximum Gasteiger partial charge on any atom is 0.0936 e. The number of para-hydroxylation sites is 1. The van der Waals surface area contributed by atoms with Gasteiger partial charge in [-0.05, 0) is 31.9 Å². The summed E-state index contributed by atoms with van der Waals surface area (Å²) in [7, 11) is 0. The lowest BCUT2D eigenvalue weighted by Crippen LogP contribution is -2.18. The van der Waals surface area contributed by atoms with Gasteiger partial charge in [0.25, 0.3) is 0 Å². The molecule has 1 aromatic heterocycles. The number of pyridine rings is 1. The molecule has 2 heterocycles. The van der Waals surface area contributed by atoms with Crippen LogP contribution in [-0.4, -0.2) is 24.2 Å². The largest absolute Gasteiger partial charge is 0.381 e. The molecule has 0 spiro atoms. The van der Waals surface area contributed by atoms with Gasteiger partial charge in [-0.15, -0.1) is 0 Å². The number of aromatic nitrogens is 1. The minimum atomic E-state index is 0.352. The summed E-state index contributed by atoms with van der Waals surface area (Å²) in [5, 5.41) is 4.65. The Bertz CT molecular complexity index is 547. The Hall–Kier alpha value is -1.61. The van der Waals surface area contributed by atoms with Crippen LogP contribution in [0.1, 0.15) is 18.5 Å². The average molecular weight is 242 g/mol. The molecule has 0 aliphatic carbocycles. The fourth-order valence-corrected chi connectivity index (χ4v) is 2.42. The van der Waals surface area contributed by atoms with E-state index in [2.05, 4.69) is 34.6 Å². The molecular weight excluding hydrogens is 224 g/mol. The number of anilines is 1.